The Hall–Kier alpha value is -5.23. The maximum absolute atomic E-state index is 14.1. The number of benzene rings is 5. The summed E-state index contributed by atoms with van der Waals surface area (Å²) in [7, 11) is 0. The van der Waals surface area contributed by atoms with E-state index in [1.807, 2.05) is 55.6 Å². The molecule has 1 saturated carbocycles. The minimum atomic E-state index is -0.980. The van der Waals surface area contributed by atoms with Gasteiger partial charge in [0.05, 0.1) is 34.4 Å². The highest BCUT2D eigenvalue weighted by Gasteiger charge is 2.48. The molecule has 1 heterocycles. The highest BCUT2D eigenvalue weighted by molar-refractivity contribution is 6.08. The molecule has 1 aromatic heterocycles. The highest BCUT2D eigenvalue weighted by Crippen LogP contribution is 2.51. The smallest absolute Gasteiger partial charge is 0.335 e. The minimum Gasteiger partial charge on any atom is -0.478 e. The number of aromatic nitrogens is 2. The van der Waals surface area contributed by atoms with E-state index in [4.69, 9.17) is 5.10 Å². The summed E-state index contributed by atoms with van der Waals surface area (Å²) in [4.78, 5) is 25.4. The molecule has 5 aromatic carbocycles. The van der Waals surface area contributed by atoms with Gasteiger partial charge in [-0.3, -0.25) is 9.48 Å². The summed E-state index contributed by atoms with van der Waals surface area (Å²) in [5, 5.41) is 20.6. The molecule has 6 heteroatoms. The van der Waals surface area contributed by atoms with E-state index >= 15 is 0 Å². The summed E-state index contributed by atoms with van der Waals surface area (Å²) >= 11 is 0. The van der Waals surface area contributed by atoms with Crippen molar-refractivity contribution in [2.24, 2.45) is 0 Å². The van der Waals surface area contributed by atoms with Gasteiger partial charge in [0, 0.05) is 5.39 Å². The summed E-state index contributed by atoms with van der Waals surface area (Å²) in [6, 6.07) is 35.3. The molecule has 1 atom stereocenters. The molecule has 6 nitrogen and oxygen atoms in total. The lowest BCUT2D eigenvalue weighted by Gasteiger charge is -2.21. The van der Waals surface area contributed by atoms with Crippen molar-refractivity contribution in [3.63, 3.8) is 0 Å². The monoisotopic (exact) mass is 551 g/mol. The van der Waals surface area contributed by atoms with Crippen molar-refractivity contribution in [2.45, 2.75) is 31.3 Å². The van der Waals surface area contributed by atoms with Gasteiger partial charge in [-0.2, -0.15) is 5.10 Å². The lowest BCUT2D eigenvalue weighted by molar-refractivity contribution is 0.0696. The second-order valence-corrected chi connectivity index (χ2v) is 11.1. The Morgan fingerprint density at radius 2 is 1.52 bits per heavy atom. The van der Waals surface area contributed by atoms with Crippen LogP contribution in [0.4, 0.5) is 0 Å². The zero-order valence-corrected chi connectivity index (χ0v) is 23.1. The molecule has 7 rings (SSSR count). The molecular weight excluding hydrogens is 522 g/mol. The first-order chi connectivity index (χ1) is 20.4. The first kappa shape index (κ1) is 25.7. The maximum Gasteiger partial charge on any atom is 0.335 e. The van der Waals surface area contributed by atoms with Gasteiger partial charge >= 0.3 is 5.97 Å². The minimum absolute atomic E-state index is 0.205. The van der Waals surface area contributed by atoms with Gasteiger partial charge in [-0.25, -0.2) is 4.79 Å². The molecule has 0 aliphatic heterocycles. The van der Waals surface area contributed by atoms with E-state index in [1.54, 1.807) is 24.3 Å². The summed E-state index contributed by atoms with van der Waals surface area (Å²) < 4.78 is 2.06. The third kappa shape index (κ3) is 4.41. The average molecular weight is 552 g/mol. The summed E-state index contributed by atoms with van der Waals surface area (Å²) in [5.41, 5.74) is 5.26. The molecule has 0 radical (unpaired) electrons. The Balaban J connectivity index is 1.33. The lowest BCUT2D eigenvalue weighted by atomic mass is 9.97. The molecule has 1 amide bonds. The number of nitrogens with one attached hydrogen (secondary N) is 1. The van der Waals surface area contributed by atoms with E-state index in [9.17, 15) is 14.7 Å². The Bertz CT molecular complexity index is 1970. The van der Waals surface area contributed by atoms with Gasteiger partial charge in [0.15, 0.2) is 0 Å². The molecule has 2 N–H and O–H groups in total. The second-order valence-electron chi connectivity index (χ2n) is 11.1. The maximum atomic E-state index is 14.1. The number of fused-ring (bicyclic) bond motifs is 2. The number of hydrogen-bond donors (Lipinski definition) is 2. The van der Waals surface area contributed by atoms with Crippen LogP contribution in [0.5, 0.6) is 0 Å². The first-order valence-corrected chi connectivity index (χ1v) is 14.1. The zero-order chi connectivity index (χ0) is 28.8. The van der Waals surface area contributed by atoms with Crippen LogP contribution < -0.4 is 5.32 Å². The number of carboxylic acids is 1. The Labute approximate surface area is 243 Å². The normalized spacial score (nSPS) is 14.5. The number of amides is 1. The third-order valence-electron chi connectivity index (χ3n) is 8.44. The van der Waals surface area contributed by atoms with Crippen LogP contribution in [-0.4, -0.2) is 26.8 Å². The van der Waals surface area contributed by atoms with Crippen molar-refractivity contribution in [3.8, 4) is 11.1 Å². The van der Waals surface area contributed by atoms with E-state index < -0.39 is 5.97 Å². The molecule has 1 aliphatic rings. The standard InChI is InChI=1S/C36H29N3O3/c1-23(24-11-13-27(14-12-24)35(41)42)38-34(40)32-21-29(25-7-3-2-4-8-25)19-30-22-37-39(33(30)32)36(17-18-36)31-16-15-26-9-5-6-10-28(26)20-31/h2-16,19-23H,17-18H2,1H3,(H,38,40)(H,41,42)/t23-/m0/s1. The van der Waals surface area contributed by atoms with Crippen molar-refractivity contribution >= 4 is 33.6 Å². The van der Waals surface area contributed by atoms with E-state index in [1.165, 1.54) is 16.3 Å². The van der Waals surface area contributed by atoms with Gasteiger partial charge in [0.25, 0.3) is 5.91 Å². The van der Waals surface area contributed by atoms with Crippen LogP contribution in [-0.2, 0) is 5.54 Å². The van der Waals surface area contributed by atoms with Crippen molar-refractivity contribution in [2.75, 3.05) is 0 Å². The van der Waals surface area contributed by atoms with Crippen molar-refractivity contribution in [1.82, 2.24) is 15.1 Å². The van der Waals surface area contributed by atoms with E-state index in [2.05, 4.69) is 52.5 Å². The number of aromatic carboxylic acids is 1. The van der Waals surface area contributed by atoms with Crippen molar-refractivity contribution in [3.05, 3.63) is 138 Å². The number of carbonyl (C=O) groups is 2. The summed E-state index contributed by atoms with van der Waals surface area (Å²) in [5.74, 6) is -1.18. The Kier molecular flexibility index (Phi) is 6.12. The average Bonchev–Trinajstić information content (AvgIpc) is 3.72. The molecule has 42 heavy (non-hydrogen) atoms. The van der Waals surface area contributed by atoms with E-state index in [0.29, 0.717) is 5.56 Å². The number of hydrogen-bond acceptors (Lipinski definition) is 3. The molecule has 206 valence electrons. The molecule has 0 unspecified atom stereocenters. The quantitative estimate of drug-likeness (QED) is 0.214. The zero-order valence-electron chi connectivity index (χ0n) is 23.1. The fourth-order valence-corrected chi connectivity index (χ4v) is 5.96. The molecule has 1 aliphatic carbocycles. The topological polar surface area (TPSA) is 84.2 Å². The predicted molar refractivity (Wildman–Crippen MR) is 165 cm³/mol. The van der Waals surface area contributed by atoms with Crippen LogP contribution >= 0.6 is 0 Å². The lowest BCUT2D eigenvalue weighted by Crippen LogP contribution is -2.28. The van der Waals surface area contributed by atoms with Gasteiger partial charge in [0.1, 0.15) is 0 Å². The second kappa shape index (κ2) is 10.00. The van der Waals surface area contributed by atoms with Gasteiger partial charge in [-0.05, 0) is 83.1 Å². The van der Waals surface area contributed by atoms with E-state index in [-0.39, 0.29) is 23.1 Å². The fraction of sp³-hybridized carbons (Fsp3) is 0.139. The van der Waals surface area contributed by atoms with Crippen LogP contribution in [0.15, 0.2) is 115 Å². The number of nitrogens with zero attached hydrogens (tertiary/aromatic N) is 2. The Morgan fingerprint density at radius 3 is 2.24 bits per heavy atom. The Morgan fingerprint density at radius 1 is 0.810 bits per heavy atom. The van der Waals surface area contributed by atoms with Crippen molar-refractivity contribution < 1.29 is 14.7 Å². The molecule has 0 bridgehead atoms. The molecule has 0 spiro atoms. The van der Waals surface area contributed by atoms with Crippen LogP contribution in [0.2, 0.25) is 0 Å². The fourth-order valence-electron chi connectivity index (χ4n) is 5.96. The van der Waals surface area contributed by atoms with Crippen LogP contribution in [0.1, 0.15) is 57.7 Å². The molecule has 1 fully saturated rings. The predicted octanol–water partition coefficient (Wildman–Crippen LogP) is 7.58. The van der Waals surface area contributed by atoms with Gasteiger partial charge in [-0.1, -0.05) is 78.9 Å². The summed E-state index contributed by atoms with van der Waals surface area (Å²) in [6.07, 6.45) is 3.75. The summed E-state index contributed by atoms with van der Waals surface area (Å²) in [6.45, 7) is 1.90. The van der Waals surface area contributed by atoms with Crippen LogP contribution in [0.25, 0.3) is 32.8 Å². The molecular formula is C36H29N3O3. The van der Waals surface area contributed by atoms with E-state index in [0.717, 1.165) is 40.4 Å². The highest BCUT2D eigenvalue weighted by atomic mass is 16.4. The number of carbonyl (C=O) groups excluding carboxylic acids is 1. The van der Waals surface area contributed by atoms with Crippen LogP contribution in [0, 0.1) is 0 Å². The third-order valence-corrected chi connectivity index (χ3v) is 8.44. The molecule has 6 aromatic rings. The largest absolute Gasteiger partial charge is 0.478 e. The van der Waals surface area contributed by atoms with Crippen LogP contribution in [0.3, 0.4) is 0 Å². The first-order valence-electron chi connectivity index (χ1n) is 14.1. The SMILES string of the molecule is C[C@H](NC(=O)c1cc(-c2ccccc2)cc2cnn(C3(c4ccc5ccccc5c4)CC3)c12)c1ccc(C(=O)O)cc1. The number of rotatable bonds is 7. The van der Waals surface area contributed by atoms with Crippen molar-refractivity contribution in [1.29, 1.82) is 0 Å². The molecule has 0 saturated heterocycles. The number of carboxylic acid groups (broad SMARTS) is 1. The van der Waals surface area contributed by atoms with Gasteiger partial charge in [0.2, 0.25) is 0 Å². The van der Waals surface area contributed by atoms with Gasteiger partial charge < -0.3 is 10.4 Å². The van der Waals surface area contributed by atoms with Gasteiger partial charge in [-0.15, -0.1) is 0 Å².